The number of amides is 1. The summed E-state index contributed by atoms with van der Waals surface area (Å²) in [6.07, 6.45) is 1.05. The van der Waals surface area contributed by atoms with Crippen molar-refractivity contribution in [3.05, 3.63) is 23.3 Å². The molecule has 1 atom stereocenters. The fourth-order valence-corrected chi connectivity index (χ4v) is 2.86. The van der Waals surface area contributed by atoms with Crippen molar-refractivity contribution >= 4 is 5.91 Å². The number of hydrogen-bond donors (Lipinski definition) is 1. The Balaban J connectivity index is 2.20. The second kappa shape index (κ2) is 6.80. The van der Waals surface area contributed by atoms with E-state index in [4.69, 9.17) is 9.47 Å². The standard InChI is InChI=1S/C16H24N2O3/c1-11-14(20-3)7-13(8-15(11)21-4)16(19)18-6-5-12(10-18)9-17-2/h7-8,12,17H,5-6,9-10H2,1-4H3/t12-/m0/s1. The quantitative estimate of drug-likeness (QED) is 0.897. The lowest BCUT2D eigenvalue weighted by molar-refractivity contribution is 0.0786. The molecule has 1 heterocycles. The molecule has 0 aromatic heterocycles. The summed E-state index contributed by atoms with van der Waals surface area (Å²) in [5.41, 5.74) is 1.53. The molecule has 0 radical (unpaired) electrons. The first kappa shape index (κ1) is 15.6. The Morgan fingerprint density at radius 3 is 2.48 bits per heavy atom. The Morgan fingerprint density at radius 1 is 1.33 bits per heavy atom. The number of ether oxygens (including phenoxy) is 2. The first-order valence-electron chi connectivity index (χ1n) is 7.27. The minimum atomic E-state index is 0.0465. The van der Waals surface area contributed by atoms with Crippen molar-refractivity contribution in [1.82, 2.24) is 10.2 Å². The average molecular weight is 292 g/mol. The Morgan fingerprint density at radius 2 is 1.95 bits per heavy atom. The Hall–Kier alpha value is -1.75. The van der Waals surface area contributed by atoms with Crippen LogP contribution in [0.1, 0.15) is 22.3 Å². The number of carbonyl (C=O) groups excluding carboxylic acids is 1. The largest absolute Gasteiger partial charge is 0.496 e. The maximum atomic E-state index is 12.6. The molecule has 5 nitrogen and oxygen atoms in total. The van der Waals surface area contributed by atoms with E-state index < -0.39 is 0 Å². The van der Waals surface area contributed by atoms with Crippen molar-refractivity contribution in [2.45, 2.75) is 13.3 Å². The van der Waals surface area contributed by atoms with Crippen molar-refractivity contribution in [1.29, 1.82) is 0 Å². The van der Waals surface area contributed by atoms with Crippen LogP contribution in [0.25, 0.3) is 0 Å². The molecule has 5 heteroatoms. The van der Waals surface area contributed by atoms with Gasteiger partial charge in [-0.2, -0.15) is 0 Å². The number of benzene rings is 1. The van der Waals surface area contributed by atoms with Crippen LogP contribution in [-0.2, 0) is 0 Å². The number of nitrogens with one attached hydrogen (secondary N) is 1. The molecule has 116 valence electrons. The lowest BCUT2D eigenvalue weighted by Crippen LogP contribution is -2.30. The van der Waals surface area contributed by atoms with Crippen LogP contribution in [0.4, 0.5) is 0 Å². The highest BCUT2D eigenvalue weighted by molar-refractivity contribution is 5.95. The highest BCUT2D eigenvalue weighted by atomic mass is 16.5. The summed E-state index contributed by atoms with van der Waals surface area (Å²) < 4.78 is 10.7. The fraction of sp³-hybridized carbons (Fsp3) is 0.562. The zero-order chi connectivity index (χ0) is 15.4. The van der Waals surface area contributed by atoms with Crippen LogP contribution in [0.3, 0.4) is 0 Å². The molecule has 1 saturated heterocycles. The predicted octanol–water partition coefficient (Wildman–Crippen LogP) is 1.69. The zero-order valence-electron chi connectivity index (χ0n) is 13.2. The van der Waals surface area contributed by atoms with Crippen molar-refractivity contribution < 1.29 is 14.3 Å². The molecule has 0 unspecified atom stereocenters. The van der Waals surface area contributed by atoms with Gasteiger partial charge >= 0.3 is 0 Å². The molecule has 1 amide bonds. The lowest BCUT2D eigenvalue weighted by atomic mass is 10.1. The van der Waals surface area contributed by atoms with Gasteiger partial charge in [-0.3, -0.25) is 4.79 Å². The van der Waals surface area contributed by atoms with Crippen molar-refractivity contribution in [2.24, 2.45) is 5.92 Å². The monoisotopic (exact) mass is 292 g/mol. The van der Waals surface area contributed by atoms with Gasteiger partial charge in [-0.05, 0) is 45.0 Å². The van der Waals surface area contributed by atoms with E-state index in [2.05, 4.69) is 5.32 Å². The van der Waals surface area contributed by atoms with Crippen molar-refractivity contribution in [3.8, 4) is 11.5 Å². The highest BCUT2D eigenvalue weighted by Crippen LogP contribution is 2.30. The molecule has 1 N–H and O–H groups in total. The molecular weight excluding hydrogens is 268 g/mol. The summed E-state index contributed by atoms with van der Waals surface area (Å²) in [5, 5.41) is 3.17. The summed E-state index contributed by atoms with van der Waals surface area (Å²) in [6, 6.07) is 3.59. The van der Waals surface area contributed by atoms with E-state index in [1.54, 1.807) is 26.4 Å². The summed E-state index contributed by atoms with van der Waals surface area (Å²) in [5.74, 6) is 1.95. The summed E-state index contributed by atoms with van der Waals surface area (Å²) in [6.45, 7) is 4.48. The molecule has 0 aliphatic carbocycles. The van der Waals surface area contributed by atoms with Crippen LogP contribution in [0.5, 0.6) is 11.5 Å². The minimum Gasteiger partial charge on any atom is -0.496 e. The second-order valence-corrected chi connectivity index (χ2v) is 5.47. The smallest absolute Gasteiger partial charge is 0.254 e. The fourth-order valence-electron chi connectivity index (χ4n) is 2.86. The summed E-state index contributed by atoms with van der Waals surface area (Å²) >= 11 is 0. The molecule has 1 aliphatic rings. The van der Waals surface area contributed by atoms with Crippen LogP contribution in [0, 0.1) is 12.8 Å². The number of nitrogens with zero attached hydrogens (tertiary/aromatic N) is 1. The van der Waals surface area contributed by atoms with Gasteiger partial charge in [0.05, 0.1) is 14.2 Å². The number of carbonyl (C=O) groups is 1. The highest BCUT2D eigenvalue weighted by Gasteiger charge is 2.27. The zero-order valence-corrected chi connectivity index (χ0v) is 13.2. The molecule has 21 heavy (non-hydrogen) atoms. The van der Waals surface area contributed by atoms with Crippen LogP contribution in [0.15, 0.2) is 12.1 Å². The van der Waals surface area contributed by atoms with Gasteiger partial charge in [-0.25, -0.2) is 0 Å². The molecular formula is C16H24N2O3. The Labute approximate surface area is 126 Å². The summed E-state index contributed by atoms with van der Waals surface area (Å²) in [4.78, 5) is 14.5. The summed E-state index contributed by atoms with van der Waals surface area (Å²) in [7, 11) is 5.16. The van der Waals surface area contributed by atoms with Gasteiger partial charge in [0.2, 0.25) is 0 Å². The number of rotatable bonds is 5. The molecule has 0 spiro atoms. The van der Waals surface area contributed by atoms with Crippen LogP contribution < -0.4 is 14.8 Å². The van der Waals surface area contributed by atoms with Crippen molar-refractivity contribution in [2.75, 3.05) is 40.9 Å². The van der Waals surface area contributed by atoms with Gasteiger partial charge in [0.1, 0.15) is 11.5 Å². The number of likely N-dealkylation sites (tertiary alicyclic amines) is 1. The minimum absolute atomic E-state index is 0.0465. The van der Waals surface area contributed by atoms with E-state index >= 15 is 0 Å². The topological polar surface area (TPSA) is 50.8 Å². The van der Waals surface area contributed by atoms with Crippen molar-refractivity contribution in [3.63, 3.8) is 0 Å². The second-order valence-electron chi connectivity index (χ2n) is 5.47. The van der Waals surface area contributed by atoms with Crippen LogP contribution >= 0.6 is 0 Å². The normalized spacial score (nSPS) is 17.9. The van der Waals surface area contributed by atoms with E-state index in [0.717, 1.165) is 31.6 Å². The molecule has 1 aliphatic heterocycles. The number of methoxy groups -OCH3 is 2. The molecule has 0 saturated carbocycles. The van der Waals surface area contributed by atoms with Gasteiger partial charge in [0.15, 0.2) is 0 Å². The third-order valence-electron chi connectivity index (χ3n) is 4.07. The van der Waals surface area contributed by atoms with E-state index in [1.165, 1.54) is 0 Å². The van der Waals surface area contributed by atoms with E-state index in [9.17, 15) is 4.79 Å². The van der Waals surface area contributed by atoms with Gasteiger partial charge in [0.25, 0.3) is 5.91 Å². The molecule has 0 bridgehead atoms. The molecule has 2 rings (SSSR count). The Bertz CT molecular complexity index is 491. The van der Waals surface area contributed by atoms with Gasteiger partial charge in [0, 0.05) is 24.2 Å². The lowest BCUT2D eigenvalue weighted by Gasteiger charge is -2.18. The van der Waals surface area contributed by atoms with Gasteiger partial charge < -0.3 is 19.7 Å². The maximum Gasteiger partial charge on any atom is 0.254 e. The third-order valence-corrected chi connectivity index (χ3v) is 4.07. The average Bonchev–Trinajstić information content (AvgIpc) is 2.95. The van der Waals surface area contributed by atoms with Gasteiger partial charge in [-0.15, -0.1) is 0 Å². The molecule has 1 aromatic carbocycles. The van der Waals surface area contributed by atoms with E-state index in [1.807, 2.05) is 18.9 Å². The number of hydrogen-bond acceptors (Lipinski definition) is 4. The maximum absolute atomic E-state index is 12.6. The first-order valence-corrected chi connectivity index (χ1v) is 7.27. The molecule has 1 aromatic rings. The predicted molar refractivity (Wildman–Crippen MR) is 82.2 cm³/mol. The molecule has 1 fully saturated rings. The van der Waals surface area contributed by atoms with E-state index in [0.29, 0.717) is 23.0 Å². The third kappa shape index (κ3) is 3.29. The SMILES string of the molecule is CNC[C@@H]1CCN(C(=O)c2cc(OC)c(C)c(OC)c2)C1. The van der Waals surface area contributed by atoms with Crippen LogP contribution in [-0.4, -0.2) is 51.7 Å². The van der Waals surface area contributed by atoms with E-state index in [-0.39, 0.29) is 5.91 Å². The van der Waals surface area contributed by atoms with Crippen LogP contribution in [0.2, 0.25) is 0 Å². The Kier molecular flexibility index (Phi) is 5.07. The first-order chi connectivity index (χ1) is 10.1. The van der Waals surface area contributed by atoms with Gasteiger partial charge in [-0.1, -0.05) is 0 Å².